The molecule has 0 saturated carbocycles. The van der Waals surface area contributed by atoms with Gasteiger partial charge in [0.05, 0.1) is 22.3 Å². The Labute approximate surface area is 125 Å². The molecule has 2 aromatic carbocycles. The Hall–Kier alpha value is -2.77. The summed E-state index contributed by atoms with van der Waals surface area (Å²) in [6.07, 6.45) is 1.62. The van der Waals surface area contributed by atoms with Gasteiger partial charge in [0, 0.05) is 28.2 Å². The molecule has 0 aliphatic carbocycles. The highest BCUT2D eigenvalue weighted by molar-refractivity contribution is 6.37. The molecule has 5 heteroatoms. The number of hydrogen-bond acceptors (Lipinski definition) is 3. The molecule has 0 saturated heterocycles. The highest BCUT2D eigenvalue weighted by Gasteiger charge is 2.18. The summed E-state index contributed by atoms with van der Waals surface area (Å²) in [6.45, 7) is 0. The molecule has 0 fully saturated rings. The minimum atomic E-state index is -0.228. The van der Waals surface area contributed by atoms with Crippen LogP contribution in [0.5, 0.6) is 0 Å². The van der Waals surface area contributed by atoms with Crippen LogP contribution in [0, 0.1) is 11.3 Å². The number of hydrogen-bond donors (Lipinski definition) is 2. The van der Waals surface area contributed by atoms with E-state index in [2.05, 4.69) is 11.1 Å². The number of nitriles is 1. The summed E-state index contributed by atoms with van der Waals surface area (Å²) in [5.74, 6) is -0.228. The van der Waals surface area contributed by atoms with Crippen LogP contribution in [0.15, 0.2) is 42.6 Å². The number of anilines is 1. The van der Waals surface area contributed by atoms with Gasteiger partial charge in [-0.05, 0) is 30.3 Å². The monoisotopic (exact) mass is 295 g/mol. The molecule has 1 heterocycles. The van der Waals surface area contributed by atoms with Crippen LogP contribution in [-0.4, -0.2) is 10.8 Å². The molecular weight excluding hydrogens is 286 g/mol. The highest BCUT2D eigenvalue weighted by atomic mass is 35.5. The average molecular weight is 296 g/mol. The van der Waals surface area contributed by atoms with Gasteiger partial charge in [-0.2, -0.15) is 5.26 Å². The summed E-state index contributed by atoms with van der Waals surface area (Å²) in [5, 5.41) is 9.91. The van der Waals surface area contributed by atoms with E-state index >= 15 is 0 Å². The lowest BCUT2D eigenvalue weighted by molar-refractivity contribution is 0.104. The van der Waals surface area contributed by atoms with Gasteiger partial charge in [-0.15, -0.1) is 0 Å². The molecule has 3 aromatic rings. The van der Waals surface area contributed by atoms with Crippen molar-refractivity contribution < 1.29 is 4.79 Å². The molecule has 0 atom stereocenters. The van der Waals surface area contributed by atoms with E-state index in [0.29, 0.717) is 27.8 Å². The molecule has 0 spiro atoms. The van der Waals surface area contributed by atoms with Crippen LogP contribution in [-0.2, 0) is 0 Å². The third-order valence-corrected chi connectivity index (χ3v) is 3.75. The first-order chi connectivity index (χ1) is 10.1. The number of fused-ring (bicyclic) bond motifs is 1. The third-order valence-electron chi connectivity index (χ3n) is 3.33. The Bertz CT molecular complexity index is 906. The predicted octanol–water partition coefficient (Wildman–Crippen LogP) is 3.51. The van der Waals surface area contributed by atoms with Gasteiger partial charge in [0.1, 0.15) is 0 Å². The van der Waals surface area contributed by atoms with E-state index in [1.807, 2.05) is 0 Å². The zero-order valence-electron chi connectivity index (χ0n) is 10.9. The molecular formula is C16H10ClN3O. The van der Waals surface area contributed by atoms with Crippen LogP contribution in [0.25, 0.3) is 10.9 Å². The lowest BCUT2D eigenvalue weighted by atomic mass is 10.0. The van der Waals surface area contributed by atoms with Crippen molar-refractivity contribution in [1.29, 1.82) is 5.26 Å². The number of carbonyl (C=O) groups is 1. The van der Waals surface area contributed by atoms with E-state index in [9.17, 15) is 4.79 Å². The summed E-state index contributed by atoms with van der Waals surface area (Å²) in [4.78, 5) is 15.7. The normalized spacial score (nSPS) is 10.5. The molecule has 0 amide bonds. The van der Waals surface area contributed by atoms with E-state index in [1.165, 1.54) is 0 Å². The number of nitrogens with one attached hydrogen (secondary N) is 1. The number of benzene rings is 2. The van der Waals surface area contributed by atoms with Gasteiger partial charge in [-0.3, -0.25) is 4.79 Å². The number of nitrogen functional groups attached to an aromatic ring is 1. The van der Waals surface area contributed by atoms with Gasteiger partial charge in [0.15, 0.2) is 5.78 Å². The van der Waals surface area contributed by atoms with Crippen LogP contribution in [0.2, 0.25) is 5.02 Å². The lowest BCUT2D eigenvalue weighted by Gasteiger charge is -2.05. The standard InChI is InChI=1S/C16H10ClN3O/c17-15-10(2-1-3-13(15)19)16(21)12-8-20-14-5-4-9(7-18)6-11(12)14/h1-6,8,20H,19H2. The van der Waals surface area contributed by atoms with Crippen molar-refractivity contribution in [2.45, 2.75) is 0 Å². The van der Waals surface area contributed by atoms with Crippen molar-refractivity contribution in [2.75, 3.05) is 5.73 Å². The Kier molecular flexibility index (Phi) is 3.13. The second-order valence-corrected chi connectivity index (χ2v) is 4.99. The highest BCUT2D eigenvalue weighted by Crippen LogP contribution is 2.28. The Morgan fingerprint density at radius 1 is 1.24 bits per heavy atom. The zero-order chi connectivity index (χ0) is 15.0. The number of aromatic amines is 1. The summed E-state index contributed by atoms with van der Waals surface area (Å²) in [5.41, 5.74) is 8.20. The molecule has 3 N–H and O–H groups in total. The smallest absolute Gasteiger partial charge is 0.196 e. The van der Waals surface area contributed by atoms with Gasteiger partial charge >= 0.3 is 0 Å². The summed E-state index contributed by atoms with van der Waals surface area (Å²) in [7, 11) is 0. The van der Waals surface area contributed by atoms with Crippen LogP contribution in [0.3, 0.4) is 0 Å². The van der Waals surface area contributed by atoms with Crippen LogP contribution >= 0.6 is 11.6 Å². The molecule has 1 aromatic heterocycles. The van der Waals surface area contributed by atoms with Gasteiger partial charge < -0.3 is 10.7 Å². The first-order valence-electron chi connectivity index (χ1n) is 6.21. The van der Waals surface area contributed by atoms with Gasteiger partial charge in [-0.25, -0.2) is 0 Å². The van der Waals surface area contributed by atoms with E-state index < -0.39 is 0 Å². The Morgan fingerprint density at radius 3 is 2.81 bits per heavy atom. The number of nitrogens with zero attached hydrogens (tertiary/aromatic N) is 1. The number of halogens is 1. The predicted molar refractivity (Wildman–Crippen MR) is 82.3 cm³/mol. The first kappa shape index (κ1) is 13.2. The van der Waals surface area contributed by atoms with Gasteiger partial charge in [-0.1, -0.05) is 17.7 Å². The largest absolute Gasteiger partial charge is 0.398 e. The SMILES string of the molecule is N#Cc1ccc2[nH]cc(C(=O)c3cccc(N)c3Cl)c2c1. The second-order valence-electron chi connectivity index (χ2n) is 4.61. The fourth-order valence-corrected chi connectivity index (χ4v) is 2.46. The molecule has 21 heavy (non-hydrogen) atoms. The molecule has 102 valence electrons. The minimum Gasteiger partial charge on any atom is -0.398 e. The van der Waals surface area contributed by atoms with Crippen molar-refractivity contribution in [3.8, 4) is 6.07 Å². The third kappa shape index (κ3) is 2.14. The zero-order valence-corrected chi connectivity index (χ0v) is 11.6. The quantitative estimate of drug-likeness (QED) is 0.560. The van der Waals surface area contributed by atoms with Crippen molar-refractivity contribution in [1.82, 2.24) is 4.98 Å². The Balaban J connectivity index is 2.18. The first-order valence-corrected chi connectivity index (χ1v) is 6.59. The molecule has 0 unspecified atom stereocenters. The number of aromatic nitrogens is 1. The lowest BCUT2D eigenvalue weighted by Crippen LogP contribution is -2.03. The molecule has 4 nitrogen and oxygen atoms in total. The van der Waals surface area contributed by atoms with E-state index in [1.54, 1.807) is 42.6 Å². The minimum absolute atomic E-state index is 0.228. The average Bonchev–Trinajstić information content (AvgIpc) is 2.92. The molecule has 0 bridgehead atoms. The van der Waals surface area contributed by atoms with E-state index in [0.717, 1.165) is 5.52 Å². The van der Waals surface area contributed by atoms with Crippen molar-refractivity contribution in [2.24, 2.45) is 0 Å². The van der Waals surface area contributed by atoms with Gasteiger partial charge in [0.2, 0.25) is 0 Å². The van der Waals surface area contributed by atoms with Gasteiger partial charge in [0.25, 0.3) is 0 Å². The molecule has 3 rings (SSSR count). The number of ketones is 1. The fraction of sp³-hybridized carbons (Fsp3) is 0. The number of carbonyl (C=O) groups excluding carboxylic acids is 1. The maximum absolute atomic E-state index is 12.7. The second kappa shape index (κ2) is 4.97. The van der Waals surface area contributed by atoms with Crippen LogP contribution in [0.1, 0.15) is 21.5 Å². The summed E-state index contributed by atoms with van der Waals surface area (Å²) < 4.78 is 0. The van der Waals surface area contributed by atoms with Crippen molar-refractivity contribution in [3.63, 3.8) is 0 Å². The molecule has 0 aliphatic heterocycles. The summed E-state index contributed by atoms with van der Waals surface area (Å²) in [6, 6.07) is 12.2. The molecule has 0 radical (unpaired) electrons. The summed E-state index contributed by atoms with van der Waals surface area (Å²) >= 11 is 6.11. The van der Waals surface area contributed by atoms with E-state index in [-0.39, 0.29) is 10.8 Å². The fourth-order valence-electron chi connectivity index (χ4n) is 2.25. The number of rotatable bonds is 2. The topological polar surface area (TPSA) is 82.7 Å². The molecule has 0 aliphatic rings. The van der Waals surface area contributed by atoms with Crippen LogP contribution < -0.4 is 5.73 Å². The van der Waals surface area contributed by atoms with Crippen molar-refractivity contribution in [3.05, 3.63) is 64.3 Å². The maximum atomic E-state index is 12.7. The Morgan fingerprint density at radius 2 is 2.05 bits per heavy atom. The van der Waals surface area contributed by atoms with E-state index in [4.69, 9.17) is 22.6 Å². The number of H-pyrrole nitrogens is 1. The van der Waals surface area contributed by atoms with Crippen LogP contribution in [0.4, 0.5) is 5.69 Å². The maximum Gasteiger partial charge on any atom is 0.196 e. The number of nitrogens with two attached hydrogens (primary N) is 1. The van der Waals surface area contributed by atoms with Crippen molar-refractivity contribution >= 4 is 34.0 Å².